The van der Waals surface area contributed by atoms with E-state index in [9.17, 15) is 14.4 Å². The maximum absolute atomic E-state index is 12.0. The summed E-state index contributed by atoms with van der Waals surface area (Å²) in [5, 5.41) is 4.54. The van der Waals surface area contributed by atoms with Crippen LogP contribution in [-0.2, 0) is 9.59 Å². The second-order valence-corrected chi connectivity index (χ2v) is 4.73. The molecular weight excluding hydrogens is 278 g/mol. The van der Waals surface area contributed by atoms with Crippen LogP contribution >= 0.6 is 0 Å². The average molecular weight is 299 g/mol. The molecule has 10 heteroatoms. The number of hydrogen-bond acceptors (Lipinski definition) is 6. The van der Waals surface area contributed by atoms with Crippen LogP contribution in [0.15, 0.2) is 4.99 Å². The molecule has 21 heavy (non-hydrogen) atoms. The number of hydrogen-bond donors (Lipinski definition) is 5. The molecule has 4 amide bonds. The Balaban J connectivity index is 2.61. The van der Waals surface area contributed by atoms with Gasteiger partial charge in [-0.1, -0.05) is 0 Å². The molecule has 0 radical (unpaired) electrons. The summed E-state index contributed by atoms with van der Waals surface area (Å²) in [6.45, 7) is 0.435. The van der Waals surface area contributed by atoms with E-state index in [1.54, 1.807) is 0 Å². The van der Waals surface area contributed by atoms with Gasteiger partial charge in [-0.05, 0) is 13.0 Å². The number of guanidine groups is 1. The number of primary amides is 1. The minimum Gasteiger partial charge on any atom is -0.351 e. The Labute approximate surface area is 122 Å². The van der Waals surface area contributed by atoms with Gasteiger partial charge in [0.25, 0.3) is 5.91 Å². The van der Waals surface area contributed by atoms with Gasteiger partial charge in [-0.15, -0.1) is 0 Å². The van der Waals surface area contributed by atoms with E-state index in [1.165, 1.54) is 11.9 Å². The summed E-state index contributed by atoms with van der Waals surface area (Å²) in [6, 6.07) is -1.92. The molecular formula is C11H21N7O3. The molecule has 0 saturated carbocycles. The van der Waals surface area contributed by atoms with Gasteiger partial charge in [0.15, 0.2) is 0 Å². The molecule has 0 saturated heterocycles. The summed E-state index contributed by atoms with van der Waals surface area (Å²) in [5.74, 6) is -0.737. The second kappa shape index (κ2) is 7.55. The van der Waals surface area contributed by atoms with Crippen molar-refractivity contribution in [3.05, 3.63) is 0 Å². The van der Waals surface area contributed by atoms with Crippen molar-refractivity contribution in [1.29, 1.82) is 0 Å². The SMILES string of the molecule is CN(C(=O)C[C@@H](N)CCN)[C@H]1CN=C(NC(N)=O)NC1=O. The zero-order valence-corrected chi connectivity index (χ0v) is 11.8. The fraction of sp³-hybridized carbons (Fsp3) is 0.636. The largest absolute Gasteiger partial charge is 0.351 e. The van der Waals surface area contributed by atoms with Gasteiger partial charge in [0.05, 0.1) is 6.54 Å². The maximum atomic E-state index is 12.0. The third-order valence-corrected chi connectivity index (χ3v) is 3.04. The van der Waals surface area contributed by atoms with E-state index in [2.05, 4.69) is 15.6 Å². The predicted molar refractivity (Wildman–Crippen MR) is 76.0 cm³/mol. The van der Waals surface area contributed by atoms with Gasteiger partial charge in [-0.25, -0.2) is 9.79 Å². The zero-order valence-electron chi connectivity index (χ0n) is 11.8. The van der Waals surface area contributed by atoms with E-state index < -0.39 is 18.0 Å². The van der Waals surface area contributed by atoms with Crippen LogP contribution in [0.2, 0.25) is 0 Å². The summed E-state index contributed by atoms with van der Waals surface area (Å²) < 4.78 is 0. The molecule has 0 fully saturated rings. The van der Waals surface area contributed by atoms with E-state index in [-0.39, 0.29) is 30.9 Å². The summed E-state index contributed by atoms with van der Waals surface area (Å²) in [7, 11) is 1.50. The van der Waals surface area contributed by atoms with Gasteiger partial charge in [0.1, 0.15) is 6.04 Å². The second-order valence-electron chi connectivity index (χ2n) is 4.73. The van der Waals surface area contributed by atoms with Crippen molar-refractivity contribution in [1.82, 2.24) is 15.5 Å². The number of nitrogens with one attached hydrogen (secondary N) is 2. The molecule has 8 N–H and O–H groups in total. The molecule has 0 aromatic carbocycles. The Morgan fingerprint density at radius 3 is 2.76 bits per heavy atom. The molecule has 0 bridgehead atoms. The van der Waals surface area contributed by atoms with Crippen molar-refractivity contribution in [3.63, 3.8) is 0 Å². The van der Waals surface area contributed by atoms with Crippen LogP contribution in [0.5, 0.6) is 0 Å². The number of rotatable bonds is 5. The summed E-state index contributed by atoms with van der Waals surface area (Å²) >= 11 is 0. The number of nitrogens with zero attached hydrogens (tertiary/aromatic N) is 2. The highest BCUT2D eigenvalue weighted by Crippen LogP contribution is 2.06. The molecule has 0 aliphatic carbocycles. The van der Waals surface area contributed by atoms with Gasteiger partial charge in [0.2, 0.25) is 11.9 Å². The molecule has 0 aromatic rings. The molecule has 1 aliphatic heterocycles. The van der Waals surface area contributed by atoms with E-state index in [1.807, 2.05) is 0 Å². The number of carbonyl (C=O) groups is 3. The first-order valence-electron chi connectivity index (χ1n) is 6.48. The Morgan fingerprint density at radius 2 is 2.24 bits per heavy atom. The molecule has 0 spiro atoms. The minimum absolute atomic E-state index is 0.0237. The number of aliphatic imine (C=N–C) groups is 1. The fourth-order valence-electron chi connectivity index (χ4n) is 1.84. The Kier molecular flexibility index (Phi) is 6.06. The topological polar surface area (TPSA) is 169 Å². The number of amides is 4. The molecule has 1 aliphatic rings. The zero-order chi connectivity index (χ0) is 16.0. The third kappa shape index (κ3) is 5.00. The molecule has 118 valence electrons. The quantitative estimate of drug-likeness (QED) is 0.364. The van der Waals surface area contributed by atoms with Crippen LogP contribution in [0.3, 0.4) is 0 Å². The van der Waals surface area contributed by atoms with Gasteiger partial charge >= 0.3 is 6.03 Å². The number of likely N-dealkylation sites (N-methyl/N-ethyl adjacent to an activating group) is 1. The van der Waals surface area contributed by atoms with Crippen molar-refractivity contribution in [2.45, 2.75) is 24.9 Å². The molecule has 2 atom stereocenters. The Bertz CT molecular complexity index is 451. The smallest absolute Gasteiger partial charge is 0.318 e. The highest BCUT2D eigenvalue weighted by atomic mass is 16.2. The van der Waals surface area contributed by atoms with Crippen molar-refractivity contribution < 1.29 is 14.4 Å². The van der Waals surface area contributed by atoms with Crippen LogP contribution < -0.4 is 27.8 Å². The first-order valence-corrected chi connectivity index (χ1v) is 6.48. The van der Waals surface area contributed by atoms with Crippen molar-refractivity contribution in [3.8, 4) is 0 Å². The summed E-state index contributed by atoms with van der Waals surface area (Å²) in [6.07, 6.45) is 0.634. The van der Waals surface area contributed by atoms with Gasteiger partial charge in [-0.2, -0.15) is 0 Å². The molecule has 1 heterocycles. The lowest BCUT2D eigenvalue weighted by Crippen LogP contribution is -2.58. The minimum atomic E-state index is -0.829. The first kappa shape index (κ1) is 16.9. The first-order chi connectivity index (χ1) is 9.85. The number of urea groups is 1. The van der Waals surface area contributed by atoms with Gasteiger partial charge in [0, 0.05) is 19.5 Å². The van der Waals surface area contributed by atoms with E-state index in [0.29, 0.717) is 13.0 Å². The van der Waals surface area contributed by atoms with Crippen LogP contribution in [0, 0.1) is 0 Å². The Hall–Kier alpha value is -2.20. The lowest BCUT2D eigenvalue weighted by molar-refractivity contribution is -0.138. The van der Waals surface area contributed by atoms with Crippen LogP contribution in [0.1, 0.15) is 12.8 Å². The van der Waals surface area contributed by atoms with Crippen LogP contribution in [-0.4, -0.2) is 60.9 Å². The predicted octanol–water partition coefficient (Wildman–Crippen LogP) is -2.97. The summed E-state index contributed by atoms with van der Waals surface area (Å²) in [5.41, 5.74) is 16.0. The average Bonchev–Trinajstić information content (AvgIpc) is 2.37. The van der Waals surface area contributed by atoms with E-state index in [4.69, 9.17) is 17.2 Å². The standard InChI is InChI=1S/C11H21N7O3/c1-18(8(19)4-6(13)2-3-12)7-5-15-11(16-9(7)20)17-10(14)21/h6-7H,2-5,12-13H2,1H3,(H4,14,15,16,17,20,21)/t6-,7-/m0/s1. The number of nitrogens with two attached hydrogens (primary N) is 3. The van der Waals surface area contributed by atoms with Crippen LogP contribution in [0.4, 0.5) is 4.79 Å². The highest BCUT2D eigenvalue weighted by molar-refractivity contribution is 6.07. The van der Waals surface area contributed by atoms with Gasteiger partial charge in [-0.3, -0.25) is 20.2 Å². The van der Waals surface area contributed by atoms with Crippen molar-refractivity contribution in [2.75, 3.05) is 20.1 Å². The van der Waals surface area contributed by atoms with Crippen molar-refractivity contribution in [2.24, 2.45) is 22.2 Å². The van der Waals surface area contributed by atoms with E-state index >= 15 is 0 Å². The van der Waals surface area contributed by atoms with Gasteiger partial charge < -0.3 is 22.1 Å². The normalized spacial score (nSPS) is 19.3. The lowest BCUT2D eigenvalue weighted by Gasteiger charge is -2.29. The third-order valence-electron chi connectivity index (χ3n) is 3.04. The Morgan fingerprint density at radius 1 is 1.57 bits per heavy atom. The number of carbonyl (C=O) groups excluding carboxylic acids is 3. The maximum Gasteiger partial charge on any atom is 0.318 e. The molecule has 10 nitrogen and oxygen atoms in total. The van der Waals surface area contributed by atoms with E-state index in [0.717, 1.165) is 0 Å². The summed E-state index contributed by atoms with van der Waals surface area (Å²) in [4.78, 5) is 39.8. The molecule has 0 unspecified atom stereocenters. The monoisotopic (exact) mass is 299 g/mol. The highest BCUT2D eigenvalue weighted by Gasteiger charge is 2.31. The lowest BCUT2D eigenvalue weighted by atomic mass is 10.1. The van der Waals surface area contributed by atoms with Crippen molar-refractivity contribution >= 4 is 23.8 Å². The molecule has 0 aromatic heterocycles. The fourth-order valence-corrected chi connectivity index (χ4v) is 1.84. The van der Waals surface area contributed by atoms with Crippen LogP contribution in [0.25, 0.3) is 0 Å². The molecule has 1 rings (SSSR count).